The number of aryl methyl sites for hydroxylation is 2. The molecule has 0 radical (unpaired) electrons. The molecule has 0 aliphatic carbocycles. The molecule has 4 aromatic carbocycles. The maximum Gasteiger partial charge on any atom is 0.258 e. The topological polar surface area (TPSA) is 125 Å². The molecule has 0 bridgehead atoms. The lowest BCUT2D eigenvalue weighted by Gasteiger charge is -2.28. The zero-order valence-corrected chi connectivity index (χ0v) is 23.5. The lowest BCUT2D eigenvalue weighted by atomic mass is 9.95. The Labute approximate surface area is 245 Å². The standard InChI is InChI=1S/C34H36N4O4/c35-21-28(39)22-36-33(41)30(20-23-13-14-24-7-1-2-10-27(24)19-23)37-32(40)17-18-38-31-12-6-4-9-26(31)16-15-25-8-3-5-11-29(25)34(38)42/h1-14,19,28,30,39H,15-18,20-22,35H2,(H,36,41)(H,37,40)/t28?,30-/m1/s1. The van der Waals surface area contributed by atoms with Crippen molar-refractivity contribution in [3.05, 3.63) is 113 Å². The third kappa shape index (κ3) is 6.84. The smallest absolute Gasteiger partial charge is 0.258 e. The maximum atomic E-state index is 13.7. The Morgan fingerprint density at radius 1 is 0.881 bits per heavy atom. The summed E-state index contributed by atoms with van der Waals surface area (Å²) in [4.78, 5) is 41.9. The Morgan fingerprint density at radius 3 is 2.38 bits per heavy atom. The maximum absolute atomic E-state index is 13.7. The van der Waals surface area contributed by atoms with Gasteiger partial charge in [0.05, 0.1) is 6.10 Å². The number of para-hydroxylation sites is 1. The number of nitrogens with two attached hydrogens (primary N) is 1. The van der Waals surface area contributed by atoms with E-state index < -0.39 is 18.1 Å². The van der Waals surface area contributed by atoms with E-state index in [9.17, 15) is 19.5 Å². The first-order chi connectivity index (χ1) is 20.4. The van der Waals surface area contributed by atoms with Crippen molar-refractivity contribution in [2.24, 2.45) is 5.73 Å². The minimum Gasteiger partial charge on any atom is -0.390 e. The summed E-state index contributed by atoms with van der Waals surface area (Å²) in [5, 5.41) is 17.6. The van der Waals surface area contributed by atoms with E-state index in [0.717, 1.165) is 46.0 Å². The molecule has 0 fully saturated rings. The molecule has 8 heteroatoms. The fourth-order valence-corrected chi connectivity index (χ4v) is 5.39. The molecule has 0 spiro atoms. The van der Waals surface area contributed by atoms with Gasteiger partial charge in [0.2, 0.25) is 11.8 Å². The highest BCUT2D eigenvalue weighted by Crippen LogP contribution is 2.28. The minimum absolute atomic E-state index is 0.00909. The molecular formula is C34H36N4O4. The second-order valence-corrected chi connectivity index (χ2v) is 10.6. The van der Waals surface area contributed by atoms with Crippen LogP contribution in [-0.4, -0.2) is 54.6 Å². The van der Waals surface area contributed by atoms with E-state index >= 15 is 0 Å². The molecule has 1 aliphatic rings. The summed E-state index contributed by atoms with van der Waals surface area (Å²) in [5.74, 6) is -0.909. The van der Waals surface area contributed by atoms with Gasteiger partial charge in [0.25, 0.3) is 5.91 Å². The molecule has 3 amide bonds. The molecule has 0 aromatic heterocycles. The Kier molecular flexibility index (Phi) is 9.26. The highest BCUT2D eigenvalue weighted by molar-refractivity contribution is 6.08. The predicted molar refractivity (Wildman–Crippen MR) is 164 cm³/mol. The molecule has 4 aromatic rings. The molecule has 5 N–H and O–H groups in total. The van der Waals surface area contributed by atoms with Gasteiger partial charge in [-0.1, -0.05) is 78.9 Å². The summed E-state index contributed by atoms with van der Waals surface area (Å²) in [6, 6.07) is 28.4. The molecule has 1 unspecified atom stereocenters. The van der Waals surface area contributed by atoms with Crippen molar-refractivity contribution in [2.45, 2.75) is 37.8 Å². The van der Waals surface area contributed by atoms with Gasteiger partial charge < -0.3 is 26.4 Å². The van der Waals surface area contributed by atoms with Gasteiger partial charge in [-0.05, 0) is 52.4 Å². The molecule has 216 valence electrons. The van der Waals surface area contributed by atoms with Crippen LogP contribution in [-0.2, 0) is 28.9 Å². The van der Waals surface area contributed by atoms with Crippen LogP contribution in [0.2, 0.25) is 0 Å². The molecule has 2 atom stereocenters. The Bertz CT molecular complexity index is 1590. The summed E-state index contributed by atoms with van der Waals surface area (Å²) in [6.07, 6.45) is 0.936. The summed E-state index contributed by atoms with van der Waals surface area (Å²) in [7, 11) is 0. The number of amides is 3. The number of rotatable bonds is 10. The number of aliphatic hydroxyl groups is 1. The summed E-state index contributed by atoms with van der Waals surface area (Å²) < 4.78 is 0. The SMILES string of the molecule is NCC(O)CNC(=O)[C@@H](Cc1ccc2ccccc2c1)NC(=O)CCN1C(=O)c2ccccc2CCc2ccccc21. The molecule has 1 aliphatic heterocycles. The van der Waals surface area contributed by atoms with E-state index in [0.29, 0.717) is 5.56 Å². The first-order valence-corrected chi connectivity index (χ1v) is 14.3. The summed E-state index contributed by atoms with van der Waals surface area (Å²) in [6.45, 7) is 0.153. The Morgan fingerprint density at radius 2 is 1.57 bits per heavy atom. The lowest BCUT2D eigenvalue weighted by Crippen LogP contribution is -2.50. The zero-order chi connectivity index (χ0) is 29.5. The fourth-order valence-electron chi connectivity index (χ4n) is 5.39. The molecule has 8 nitrogen and oxygen atoms in total. The van der Waals surface area contributed by atoms with Gasteiger partial charge >= 0.3 is 0 Å². The largest absolute Gasteiger partial charge is 0.390 e. The first kappa shape index (κ1) is 29.0. The van der Waals surface area contributed by atoms with Crippen molar-refractivity contribution in [3.8, 4) is 0 Å². The van der Waals surface area contributed by atoms with Crippen LogP contribution in [0.5, 0.6) is 0 Å². The average Bonchev–Trinajstić information content (AvgIpc) is 3.02. The van der Waals surface area contributed by atoms with Crippen LogP contribution in [0.25, 0.3) is 10.8 Å². The highest BCUT2D eigenvalue weighted by Gasteiger charge is 2.27. The lowest BCUT2D eigenvalue weighted by molar-refractivity contribution is -0.129. The zero-order valence-electron chi connectivity index (χ0n) is 23.5. The number of nitrogens with one attached hydrogen (secondary N) is 2. The minimum atomic E-state index is -0.882. The monoisotopic (exact) mass is 564 g/mol. The van der Waals surface area contributed by atoms with Crippen LogP contribution >= 0.6 is 0 Å². The van der Waals surface area contributed by atoms with E-state index in [1.165, 1.54) is 0 Å². The van der Waals surface area contributed by atoms with Crippen LogP contribution in [0, 0.1) is 0 Å². The van der Waals surface area contributed by atoms with E-state index in [1.54, 1.807) is 4.90 Å². The van der Waals surface area contributed by atoms with Gasteiger partial charge in [0.1, 0.15) is 6.04 Å². The normalized spacial score (nSPS) is 14.2. The van der Waals surface area contributed by atoms with Crippen LogP contribution in [0.15, 0.2) is 91.0 Å². The van der Waals surface area contributed by atoms with Crippen LogP contribution in [0.1, 0.15) is 33.5 Å². The quantitative estimate of drug-likeness (QED) is 0.236. The number of aliphatic hydroxyl groups excluding tert-OH is 1. The Balaban J connectivity index is 1.33. The number of nitrogens with zero attached hydrogens (tertiary/aromatic N) is 1. The average molecular weight is 565 g/mol. The number of benzene rings is 4. The summed E-state index contributed by atoms with van der Waals surface area (Å²) in [5.41, 5.74) is 9.85. The second-order valence-electron chi connectivity index (χ2n) is 10.6. The number of hydrogen-bond donors (Lipinski definition) is 4. The first-order valence-electron chi connectivity index (χ1n) is 14.3. The van der Waals surface area contributed by atoms with Gasteiger partial charge in [-0.25, -0.2) is 0 Å². The van der Waals surface area contributed by atoms with Crippen molar-refractivity contribution in [1.29, 1.82) is 0 Å². The number of carbonyl (C=O) groups excluding carboxylic acids is 3. The third-order valence-corrected chi connectivity index (χ3v) is 7.69. The van der Waals surface area contributed by atoms with Crippen molar-refractivity contribution >= 4 is 34.2 Å². The number of fused-ring (bicyclic) bond motifs is 3. The van der Waals surface area contributed by atoms with Crippen molar-refractivity contribution < 1.29 is 19.5 Å². The molecule has 42 heavy (non-hydrogen) atoms. The van der Waals surface area contributed by atoms with Gasteiger partial charge in [0, 0.05) is 43.7 Å². The summed E-state index contributed by atoms with van der Waals surface area (Å²) >= 11 is 0. The van der Waals surface area contributed by atoms with Gasteiger partial charge in [-0.3, -0.25) is 14.4 Å². The second kappa shape index (κ2) is 13.4. The molecular weight excluding hydrogens is 528 g/mol. The Hall–Kier alpha value is -4.53. The van der Waals surface area contributed by atoms with E-state index in [4.69, 9.17) is 5.73 Å². The predicted octanol–water partition coefficient (Wildman–Crippen LogP) is 3.14. The van der Waals surface area contributed by atoms with Crippen molar-refractivity contribution in [1.82, 2.24) is 10.6 Å². The fraction of sp³-hybridized carbons (Fsp3) is 0.265. The van der Waals surface area contributed by atoms with Crippen LogP contribution in [0.3, 0.4) is 0 Å². The highest BCUT2D eigenvalue weighted by atomic mass is 16.3. The van der Waals surface area contributed by atoms with E-state index in [2.05, 4.69) is 10.6 Å². The molecule has 0 saturated carbocycles. The van der Waals surface area contributed by atoms with Crippen molar-refractivity contribution in [2.75, 3.05) is 24.5 Å². The molecule has 5 rings (SSSR count). The number of anilines is 1. The molecule has 0 saturated heterocycles. The van der Waals surface area contributed by atoms with Crippen molar-refractivity contribution in [3.63, 3.8) is 0 Å². The van der Waals surface area contributed by atoms with Gasteiger partial charge in [-0.15, -0.1) is 0 Å². The third-order valence-electron chi connectivity index (χ3n) is 7.69. The van der Waals surface area contributed by atoms with E-state index in [-0.39, 0.29) is 44.3 Å². The van der Waals surface area contributed by atoms with Gasteiger partial charge in [0.15, 0.2) is 0 Å². The number of carbonyl (C=O) groups is 3. The van der Waals surface area contributed by atoms with Crippen LogP contribution in [0.4, 0.5) is 5.69 Å². The van der Waals surface area contributed by atoms with Gasteiger partial charge in [-0.2, -0.15) is 0 Å². The van der Waals surface area contributed by atoms with Crippen LogP contribution < -0.4 is 21.3 Å². The van der Waals surface area contributed by atoms with E-state index in [1.807, 2.05) is 91.0 Å². The molecule has 1 heterocycles. The number of hydrogen-bond acceptors (Lipinski definition) is 5.